The zero-order valence-corrected chi connectivity index (χ0v) is 15.5. The van der Waals surface area contributed by atoms with Gasteiger partial charge in [0.2, 0.25) is 0 Å². The van der Waals surface area contributed by atoms with Gasteiger partial charge in [-0.25, -0.2) is 8.78 Å². The average molecular weight is 373 g/mol. The molecule has 2 N–H and O–H groups in total. The van der Waals surface area contributed by atoms with E-state index in [9.17, 15) is 13.9 Å². The third-order valence-electron chi connectivity index (χ3n) is 5.56. The highest BCUT2D eigenvalue weighted by Gasteiger charge is 2.44. The van der Waals surface area contributed by atoms with Gasteiger partial charge in [-0.05, 0) is 30.7 Å². The maximum absolute atomic E-state index is 14.8. The first-order valence-corrected chi connectivity index (χ1v) is 9.51. The molecule has 27 heavy (non-hydrogen) atoms. The van der Waals surface area contributed by atoms with E-state index in [-0.39, 0.29) is 0 Å². The minimum atomic E-state index is -3.20. The number of aryl methyl sites for hydroxylation is 1. The molecular weight excluding hydrogens is 348 g/mol. The Kier molecular flexibility index (Phi) is 4.88. The van der Waals surface area contributed by atoms with Crippen molar-refractivity contribution < 1.29 is 13.9 Å². The van der Waals surface area contributed by atoms with E-state index in [2.05, 4.69) is 22.9 Å². The number of alkyl halides is 2. The monoisotopic (exact) mass is 373 g/mol. The van der Waals surface area contributed by atoms with E-state index in [1.165, 1.54) is 0 Å². The fraction of sp³-hybridized carbons (Fsp3) is 0.429. The van der Waals surface area contributed by atoms with Crippen molar-refractivity contribution in [2.75, 3.05) is 32.8 Å². The molecule has 0 bridgehead atoms. The number of aliphatic hydroxyl groups excluding tert-OH is 1. The third kappa shape index (κ3) is 3.12. The predicted octanol–water partition coefficient (Wildman–Crippen LogP) is 3.39. The largest absolute Gasteiger partial charge is 0.390 e. The summed E-state index contributed by atoms with van der Waals surface area (Å²) in [5, 5.41) is 14.6. The van der Waals surface area contributed by atoms with Crippen molar-refractivity contribution in [2.24, 2.45) is 0 Å². The maximum Gasteiger partial charge on any atom is 0.289 e. The molecule has 0 saturated carbocycles. The van der Waals surface area contributed by atoms with Gasteiger partial charge in [0, 0.05) is 54.5 Å². The fourth-order valence-electron chi connectivity index (χ4n) is 4.33. The number of nitrogens with one attached hydrogen (secondary N) is 1. The highest BCUT2D eigenvalue weighted by molar-refractivity contribution is 6.08. The number of nitrogens with zero attached hydrogens (tertiary/aromatic N) is 2. The number of rotatable bonds is 5. The lowest BCUT2D eigenvalue weighted by atomic mass is 9.96. The van der Waals surface area contributed by atoms with Crippen LogP contribution in [0.5, 0.6) is 0 Å². The van der Waals surface area contributed by atoms with Crippen molar-refractivity contribution in [3.63, 3.8) is 0 Å². The smallest absolute Gasteiger partial charge is 0.289 e. The molecule has 1 saturated heterocycles. The molecule has 1 aromatic heterocycles. The van der Waals surface area contributed by atoms with Gasteiger partial charge in [-0.1, -0.05) is 24.3 Å². The highest BCUT2D eigenvalue weighted by Crippen LogP contribution is 2.39. The number of halogens is 2. The number of aliphatic hydroxyl groups is 1. The molecule has 1 fully saturated rings. The van der Waals surface area contributed by atoms with Crippen LogP contribution in [0.15, 0.2) is 42.5 Å². The summed E-state index contributed by atoms with van der Waals surface area (Å²) in [5.74, 6) is -3.20. The van der Waals surface area contributed by atoms with Crippen LogP contribution in [-0.4, -0.2) is 53.3 Å². The fourth-order valence-corrected chi connectivity index (χ4v) is 4.33. The van der Waals surface area contributed by atoms with Gasteiger partial charge in [0.25, 0.3) is 5.92 Å². The molecule has 0 radical (unpaired) electrons. The second-order valence-electron chi connectivity index (χ2n) is 7.15. The van der Waals surface area contributed by atoms with E-state index >= 15 is 0 Å². The van der Waals surface area contributed by atoms with Crippen LogP contribution < -0.4 is 5.32 Å². The van der Waals surface area contributed by atoms with Gasteiger partial charge in [-0.3, -0.25) is 4.90 Å². The lowest BCUT2D eigenvalue weighted by molar-refractivity contribution is -0.118. The van der Waals surface area contributed by atoms with Crippen molar-refractivity contribution in [3.05, 3.63) is 48.0 Å². The molecule has 6 heteroatoms. The minimum absolute atomic E-state index is 0.537. The zero-order valence-electron chi connectivity index (χ0n) is 15.5. The molecule has 0 spiro atoms. The first-order chi connectivity index (χ1) is 13.1. The summed E-state index contributed by atoms with van der Waals surface area (Å²) < 4.78 is 31.7. The molecule has 0 amide bonds. The Morgan fingerprint density at radius 2 is 1.78 bits per heavy atom. The quantitative estimate of drug-likeness (QED) is 0.720. The topological polar surface area (TPSA) is 40.4 Å². The van der Waals surface area contributed by atoms with E-state index in [0.717, 1.165) is 28.4 Å². The van der Waals surface area contributed by atoms with Crippen LogP contribution in [-0.2, 0) is 6.54 Å². The van der Waals surface area contributed by atoms with E-state index in [1.807, 2.05) is 30.3 Å². The summed E-state index contributed by atoms with van der Waals surface area (Å²) in [6.45, 7) is 4.17. The normalized spacial score (nSPS) is 17.6. The number of piperazine rings is 1. The molecule has 2 heterocycles. The standard InChI is InChI=1S/C21H25F2N3O/c1-2-26-18-6-4-3-5-16(18)17-13-15(7-8-19(17)26)20(21(22,23)14-27)25-11-9-24-10-12-25/h3-8,13,20,24,27H,2,9-12,14H2,1H3/t20-/m1/s1. The molecule has 4 nitrogen and oxygen atoms in total. The van der Waals surface area contributed by atoms with Crippen molar-refractivity contribution >= 4 is 21.8 Å². The number of para-hydroxylation sites is 1. The molecule has 1 atom stereocenters. The van der Waals surface area contributed by atoms with Crippen LogP contribution in [0.4, 0.5) is 8.78 Å². The Balaban J connectivity index is 1.89. The van der Waals surface area contributed by atoms with Crippen molar-refractivity contribution in [1.82, 2.24) is 14.8 Å². The second-order valence-corrected chi connectivity index (χ2v) is 7.15. The molecule has 3 aromatic rings. The van der Waals surface area contributed by atoms with Crippen LogP contribution in [0, 0.1) is 0 Å². The van der Waals surface area contributed by atoms with Gasteiger partial charge in [0.1, 0.15) is 12.6 Å². The zero-order chi connectivity index (χ0) is 19.0. The molecule has 0 aliphatic carbocycles. The summed E-state index contributed by atoms with van der Waals surface area (Å²) in [6.07, 6.45) is 0. The van der Waals surface area contributed by atoms with E-state index < -0.39 is 18.6 Å². The third-order valence-corrected chi connectivity index (χ3v) is 5.56. The number of benzene rings is 2. The van der Waals surface area contributed by atoms with Gasteiger partial charge >= 0.3 is 0 Å². The number of aromatic nitrogens is 1. The Bertz CT molecular complexity index is 947. The van der Waals surface area contributed by atoms with Crippen LogP contribution in [0.25, 0.3) is 21.8 Å². The van der Waals surface area contributed by atoms with Crippen molar-refractivity contribution in [2.45, 2.75) is 25.4 Å². The summed E-state index contributed by atoms with van der Waals surface area (Å²) >= 11 is 0. The highest BCUT2D eigenvalue weighted by atomic mass is 19.3. The molecule has 144 valence electrons. The Morgan fingerprint density at radius 3 is 2.48 bits per heavy atom. The van der Waals surface area contributed by atoms with Crippen molar-refractivity contribution in [3.8, 4) is 0 Å². The summed E-state index contributed by atoms with van der Waals surface area (Å²) in [6, 6.07) is 12.6. The van der Waals surface area contributed by atoms with Gasteiger partial charge in [-0.15, -0.1) is 0 Å². The molecule has 0 unspecified atom stereocenters. The molecular formula is C21H25F2N3O. The SMILES string of the molecule is CCn1c2ccccc2c2cc([C@@H](N3CCNCC3)C(F)(F)CO)ccc21. The number of hydrogen-bond donors (Lipinski definition) is 2. The summed E-state index contributed by atoms with van der Waals surface area (Å²) in [5.41, 5.74) is 2.72. The van der Waals surface area contributed by atoms with Crippen molar-refractivity contribution in [1.29, 1.82) is 0 Å². The Morgan fingerprint density at radius 1 is 1.07 bits per heavy atom. The van der Waals surface area contributed by atoms with Gasteiger partial charge in [0.15, 0.2) is 0 Å². The molecule has 4 rings (SSSR count). The molecule has 2 aromatic carbocycles. The van der Waals surface area contributed by atoms with Gasteiger partial charge in [0.05, 0.1) is 0 Å². The number of hydrogen-bond acceptors (Lipinski definition) is 3. The summed E-state index contributed by atoms with van der Waals surface area (Å²) in [7, 11) is 0. The first-order valence-electron chi connectivity index (χ1n) is 9.51. The minimum Gasteiger partial charge on any atom is -0.390 e. The second kappa shape index (κ2) is 7.19. The summed E-state index contributed by atoms with van der Waals surface area (Å²) in [4.78, 5) is 1.78. The van der Waals surface area contributed by atoms with E-state index in [1.54, 1.807) is 11.0 Å². The lowest BCUT2D eigenvalue weighted by Crippen LogP contribution is -2.51. The maximum atomic E-state index is 14.8. The van der Waals surface area contributed by atoms with Crippen LogP contribution in [0.1, 0.15) is 18.5 Å². The van der Waals surface area contributed by atoms with Crippen LogP contribution in [0.2, 0.25) is 0 Å². The van der Waals surface area contributed by atoms with E-state index in [4.69, 9.17) is 0 Å². The number of fused-ring (bicyclic) bond motifs is 3. The Labute approximate surface area is 157 Å². The van der Waals surface area contributed by atoms with Gasteiger partial charge < -0.3 is 15.0 Å². The van der Waals surface area contributed by atoms with Crippen LogP contribution in [0.3, 0.4) is 0 Å². The average Bonchev–Trinajstić information content (AvgIpc) is 3.02. The van der Waals surface area contributed by atoms with Crippen LogP contribution >= 0.6 is 0 Å². The van der Waals surface area contributed by atoms with E-state index in [0.29, 0.717) is 31.7 Å². The van der Waals surface area contributed by atoms with Gasteiger partial charge in [-0.2, -0.15) is 0 Å². The Hall–Kier alpha value is -2.02. The molecule has 1 aliphatic heterocycles. The first kappa shape index (κ1) is 18.3. The molecule has 1 aliphatic rings. The lowest BCUT2D eigenvalue weighted by Gasteiger charge is -2.38. The predicted molar refractivity (Wildman–Crippen MR) is 104 cm³/mol.